The molecular formula is C24H29F3N2O5. The van der Waals surface area contributed by atoms with Crippen molar-refractivity contribution in [1.29, 1.82) is 0 Å². The van der Waals surface area contributed by atoms with Crippen LogP contribution in [0.4, 0.5) is 13.2 Å². The van der Waals surface area contributed by atoms with Gasteiger partial charge in [0.2, 0.25) is 0 Å². The molecule has 7 nitrogen and oxygen atoms in total. The van der Waals surface area contributed by atoms with E-state index in [2.05, 4.69) is 4.90 Å². The van der Waals surface area contributed by atoms with Crippen molar-refractivity contribution < 1.29 is 37.0 Å². The molecule has 0 saturated carbocycles. The van der Waals surface area contributed by atoms with Crippen molar-refractivity contribution in [3.63, 3.8) is 0 Å². The van der Waals surface area contributed by atoms with Crippen LogP contribution in [0.25, 0.3) is 0 Å². The average Bonchev–Trinajstić information content (AvgIpc) is 2.83. The molecule has 0 bridgehead atoms. The minimum Gasteiger partial charge on any atom is -0.466 e. The van der Waals surface area contributed by atoms with Crippen molar-refractivity contribution >= 4 is 12.4 Å². The third-order valence-electron chi connectivity index (χ3n) is 6.37. The monoisotopic (exact) mass is 482 g/mol. The number of hydrogen-bond acceptors (Lipinski definition) is 7. The summed E-state index contributed by atoms with van der Waals surface area (Å²) in [6, 6.07) is 4.69. The number of halogens is 3. The topological polar surface area (TPSA) is 68.3 Å². The predicted molar refractivity (Wildman–Crippen MR) is 118 cm³/mol. The molecular weight excluding hydrogens is 453 g/mol. The maximum atomic E-state index is 13.1. The van der Waals surface area contributed by atoms with E-state index in [0.717, 1.165) is 36.6 Å². The van der Waals surface area contributed by atoms with Gasteiger partial charge in [-0.05, 0) is 30.2 Å². The molecule has 0 N–H and O–H groups in total. The molecule has 0 spiro atoms. The summed E-state index contributed by atoms with van der Waals surface area (Å²) >= 11 is 0. The Morgan fingerprint density at radius 2 is 1.85 bits per heavy atom. The standard InChI is InChI=1S/C24H29F3N2O5/c1-16-19(14-34-15-30)21(17-4-6-18(7-5-17)24(25,26)27)22(23(31)32-3)20(28(16)2)8-9-29-10-12-33-13-11-29/h4-7,15,21H,8-14H2,1-3H3. The van der Waals surface area contributed by atoms with E-state index in [1.807, 2.05) is 18.9 Å². The van der Waals surface area contributed by atoms with Gasteiger partial charge in [-0.25, -0.2) is 4.79 Å². The Kier molecular flexibility index (Phi) is 8.37. The zero-order valence-electron chi connectivity index (χ0n) is 19.5. The van der Waals surface area contributed by atoms with Crippen molar-refractivity contribution in [3.8, 4) is 0 Å². The fraction of sp³-hybridized carbons (Fsp3) is 0.500. The number of allylic oxidation sites excluding steroid dienone is 1. The Labute approximate surface area is 196 Å². The van der Waals surface area contributed by atoms with E-state index in [1.54, 1.807) is 0 Å². The molecule has 0 amide bonds. The van der Waals surface area contributed by atoms with Crippen LogP contribution in [-0.2, 0) is 30.0 Å². The van der Waals surface area contributed by atoms with Gasteiger partial charge in [0.05, 0.1) is 31.5 Å². The first-order valence-electron chi connectivity index (χ1n) is 11.0. The number of methoxy groups -OCH3 is 1. The molecule has 2 aliphatic heterocycles. The molecule has 3 rings (SSSR count). The largest absolute Gasteiger partial charge is 0.466 e. The molecule has 0 radical (unpaired) electrons. The minimum absolute atomic E-state index is 0.109. The van der Waals surface area contributed by atoms with Crippen LogP contribution < -0.4 is 0 Å². The third-order valence-corrected chi connectivity index (χ3v) is 6.37. The first-order chi connectivity index (χ1) is 16.2. The van der Waals surface area contributed by atoms with Crippen molar-refractivity contribution in [2.24, 2.45) is 0 Å². The van der Waals surface area contributed by atoms with Gasteiger partial charge in [0.25, 0.3) is 6.47 Å². The first kappa shape index (κ1) is 25.8. The summed E-state index contributed by atoms with van der Waals surface area (Å²) < 4.78 is 55.0. The van der Waals surface area contributed by atoms with Gasteiger partial charge in [-0.2, -0.15) is 13.2 Å². The number of esters is 1. The van der Waals surface area contributed by atoms with Gasteiger partial charge in [0, 0.05) is 50.4 Å². The van der Waals surface area contributed by atoms with Crippen molar-refractivity contribution in [1.82, 2.24) is 9.80 Å². The highest BCUT2D eigenvalue weighted by Crippen LogP contribution is 2.43. The number of morpholine rings is 1. The lowest BCUT2D eigenvalue weighted by Crippen LogP contribution is -2.39. The number of ether oxygens (including phenoxy) is 3. The van der Waals surface area contributed by atoms with Gasteiger partial charge in [0.15, 0.2) is 0 Å². The molecule has 2 aliphatic rings. The van der Waals surface area contributed by atoms with Crippen LogP contribution in [0.3, 0.4) is 0 Å². The Morgan fingerprint density at radius 3 is 2.41 bits per heavy atom. The molecule has 1 saturated heterocycles. The number of carbonyl (C=O) groups excluding carboxylic acids is 2. The number of hydrogen-bond donors (Lipinski definition) is 0. The molecule has 10 heteroatoms. The molecule has 1 atom stereocenters. The Morgan fingerprint density at radius 1 is 1.21 bits per heavy atom. The van der Waals surface area contributed by atoms with E-state index in [-0.39, 0.29) is 6.61 Å². The van der Waals surface area contributed by atoms with Crippen molar-refractivity contribution in [2.45, 2.75) is 25.4 Å². The van der Waals surface area contributed by atoms with Crippen LogP contribution in [-0.4, -0.2) is 75.9 Å². The summed E-state index contributed by atoms with van der Waals surface area (Å²) in [4.78, 5) is 28.1. The number of benzene rings is 1. The summed E-state index contributed by atoms with van der Waals surface area (Å²) in [7, 11) is 3.09. The summed E-state index contributed by atoms with van der Waals surface area (Å²) in [6.07, 6.45) is -3.96. The van der Waals surface area contributed by atoms with Crippen LogP contribution in [0.2, 0.25) is 0 Å². The van der Waals surface area contributed by atoms with E-state index in [9.17, 15) is 22.8 Å². The number of nitrogens with zero attached hydrogens (tertiary/aromatic N) is 2. The lowest BCUT2D eigenvalue weighted by molar-refractivity contribution is -0.138. The molecule has 1 aromatic carbocycles. The molecule has 34 heavy (non-hydrogen) atoms. The Bertz CT molecular complexity index is 950. The summed E-state index contributed by atoms with van der Waals surface area (Å²) in [6.45, 7) is 5.54. The lowest BCUT2D eigenvalue weighted by Gasteiger charge is -2.38. The summed E-state index contributed by atoms with van der Waals surface area (Å²) in [5.41, 5.74) is 2.10. The second kappa shape index (κ2) is 11.1. The van der Waals surface area contributed by atoms with Gasteiger partial charge in [-0.1, -0.05) is 12.1 Å². The van der Waals surface area contributed by atoms with Gasteiger partial charge >= 0.3 is 12.1 Å². The summed E-state index contributed by atoms with van der Waals surface area (Å²) in [5.74, 6) is -1.30. The maximum Gasteiger partial charge on any atom is 0.416 e. The smallest absolute Gasteiger partial charge is 0.416 e. The average molecular weight is 482 g/mol. The molecule has 2 heterocycles. The molecule has 186 valence electrons. The molecule has 0 aromatic heterocycles. The SMILES string of the molecule is COC(=O)C1=C(CCN2CCOCC2)N(C)C(C)=C(COC=O)C1c1ccc(C(F)(F)F)cc1. The lowest BCUT2D eigenvalue weighted by atomic mass is 9.79. The molecule has 0 aliphatic carbocycles. The van der Waals surface area contributed by atoms with Gasteiger partial charge < -0.3 is 19.1 Å². The highest BCUT2D eigenvalue weighted by Gasteiger charge is 2.38. The van der Waals surface area contributed by atoms with Gasteiger partial charge in [0.1, 0.15) is 6.61 Å². The van der Waals surface area contributed by atoms with E-state index >= 15 is 0 Å². The van der Waals surface area contributed by atoms with E-state index in [1.165, 1.54) is 19.2 Å². The minimum atomic E-state index is -4.48. The van der Waals surface area contributed by atoms with Crippen molar-refractivity contribution in [2.75, 3.05) is 53.6 Å². The maximum absolute atomic E-state index is 13.1. The van der Waals surface area contributed by atoms with Gasteiger partial charge in [-0.3, -0.25) is 9.69 Å². The highest BCUT2D eigenvalue weighted by molar-refractivity contribution is 5.92. The molecule has 1 fully saturated rings. The van der Waals surface area contributed by atoms with E-state index < -0.39 is 23.6 Å². The van der Waals surface area contributed by atoms with Crippen LogP contribution in [0.5, 0.6) is 0 Å². The Hall–Kier alpha value is -2.85. The second-order valence-corrected chi connectivity index (χ2v) is 8.19. The number of rotatable bonds is 8. The predicted octanol–water partition coefficient (Wildman–Crippen LogP) is 3.33. The van der Waals surface area contributed by atoms with E-state index in [4.69, 9.17) is 14.2 Å². The fourth-order valence-electron chi connectivity index (χ4n) is 4.43. The normalized spacial score (nSPS) is 19.9. The summed E-state index contributed by atoms with van der Waals surface area (Å²) in [5, 5.41) is 0. The first-order valence-corrected chi connectivity index (χ1v) is 11.0. The number of carbonyl (C=O) groups is 2. The second-order valence-electron chi connectivity index (χ2n) is 8.19. The van der Waals surface area contributed by atoms with Crippen molar-refractivity contribution in [3.05, 3.63) is 57.9 Å². The zero-order chi connectivity index (χ0) is 24.9. The Balaban J connectivity index is 2.08. The highest BCUT2D eigenvalue weighted by atomic mass is 19.4. The zero-order valence-corrected chi connectivity index (χ0v) is 19.5. The van der Waals surface area contributed by atoms with Crippen LogP contribution in [0.15, 0.2) is 46.8 Å². The fourth-order valence-corrected chi connectivity index (χ4v) is 4.43. The van der Waals surface area contributed by atoms with E-state index in [0.29, 0.717) is 49.4 Å². The van der Waals surface area contributed by atoms with Gasteiger partial charge in [-0.15, -0.1) is 0 Å². The van der Waals surface area contributed by atoms with Crippen LogP contribution in [0.1, 0.15) is 30.4 Å². The number of alkyl halides is 3. The van der Waals surface area contributed by atoms with Crippen LogP contribution >= 0.6 is 0 Å². The van der Waals surface area contributed by atoms with Crippen LogP contribution in [0, 0.1) is 0 Å². The molecule has 1 unspecified atom stereocenters. The quantitative estimate of drug-likeness (QED) is 0.416. The third kappa shape index (κ3) is 5.61. The molecule has 1 aromatic rings.